The van der Waals surface area contributed by atoms with Gasteiger partial charge in [-0.1, -0.05) is 36.9 Å². The highest BCUT2D eigenvalue weighted by molar-refractivity contribution is 8.00. The summed E-state index contributed by atoms with van der Waals surface area (Å²) in [6.45, 7) is 4.82. The Morgan fingerprint density at radius 2 is 2.09 bits per heavy atom. The second-order valence-corrected chi connectivity index (χ2v) is 10.3. The van der Waals surface area contributed by atoms with Gasteiger partial charge in [-0.25, -0.2) is 4.98 Å². The third-order valence-corrected chi connectivity index (χ3v) is 8.52. The molecule has 1 aliphatic rings. The maximum atomic E-state index is 13.1. The summed E-state index contributed by atoms with van der Waals surface area (Å²) in [7, 11) is 0. The molecule has 33 heavy (non-hydrogen) atoms. The van der Waals surface area contributed by atoms with Gasteiger partial charge in [-0.3, -0.25) is 4.79 Å². The molecule has 7 nitrogen and oxygen atoms in total. The van der Waals surface area contributed by atoms with Crippen molar-refractivity contribution in [1.82, 2.24) is 19.7 Å². The van der Waals surface area contributed by atoms with Crippen molar-refractivity contribution in [3.8, 4) is 6.07 Å². The zero-order valence-corrected chi connectivity index (χ0v) is 20.2. The van der Waals surface area contributed by atoms with Crippen LogP contribution in [-0.4, -0.2) is 30.9 Å². The molecule has 0 spiro atoms. The number of hydrogen-bond acceptors (Lipinski definition) is 7. The van der Waals surface area contributed by atoms with Crippen LogP contribution in [0.1, 0.15) is 49.1 Å². The van der Waals surface area contributed by atoms with Gasteiger partial charge in [-0.05, 0) is 50.7 Å². The van der Waals surface area contributed by atoms with Gasteiger partial charge >= 0.3 is 0 Å². The molecule has 4 aromatic rings. The number of benzene rings is 1. The number of fused-ring (bicyclic) bond motifs is 4. The molecule has 0 bridgehead atoms. The van der Waals surface area contributed by atoms with E-state index in [9.17, 15) is 10.1 Å². The molecule has 3 heterocycles. The van der Waals surface area contributed by atoms with Crippen LogP contribution in [0.3, 0.4) is 0 Å². The third kappa shape index (κ3) is 3.87. The van der Waals surface area contributed by atoms with Crippen molar-refractivity contribution in [1.29, 1.82) is 5.26 Å². The van der Waals surface area contributed by atoms with E-state index in [1.165, 1.54) is 16.6 Å². The molecule has 1 amide bonds. The van der Waals surface area contributed by atoms with Crippen LogP contribution < -0.4 is 5.32 Å². The van der Waals surface area contributed by atoms with Gasteiger partial charge in [-0.2, -0.15) is 5.26 Å². The number of para-hydroxylation sites is 1. The molecular weight excluding hydrogens is 452 g/mol. The van der Waals surface area contributed by atoms with Crippen LogP contribution in [0, 0.1) is 11.3 Å². The average Bonchev–Trinajstić information content (AvgIpc) is 3.36. The second-order valence-electron chi connectivity index (χ2n) is 8.06. The maximum Gasteiger partial charge on any atom is 0.238 e. The molecule has 1 atom stereocenters. The number of thiophene rings is 1. The summed E-state index contributed by atoms with van der Waals surface area (Å²) in [6.07, 6.45) is 4.76. The second kappa shape index (κ2) is 9.12. The third-order valence-electron chi connectivity index (χ3n) is 6.10. The summed E-state index contributed by atoms with van der Waals surface area (Å²) in [5.41, 5.74) is 4.39. The molecule has 1 aromatic carbocycles. The Morgan fingerprint density at radius 1 is 1.27 bits per heavy atom. The highest BCUT2D eigenvalue weighted by Gasteiger charge is 2.26. The van der Waals surface area contributed by atoms with Gasteiger partial charge in [-0.15, -0.1) is 21.5 Å². The van der Waals surface area contributed by atoms with E-state index < -0.39 is 0 Å². The molecule has 0 radical (unpaired) electrons. The standard InChI is InChI=1S/C24H24N6OS2/c1-3-18(22(31)27-23-16(13-25)14-9-6-8-12-19(14)32-23)33-24-26-21-20(28-29-24)15-10-5-7-11-17(15)30(21)4-2/h5,7,10-11,18H,3-4,6,8-9,12H2,1-2H3,(H,27,31)/t18-/m1/s1. The molecule has 1 aliphatic carbocycles. The molecule has 0 unspecified atom stereocenters. The average molecular weight is 477 g/mol. The predicted octanol–water partition coefficient (Wildman–Crippen LogP) is 5.32. The molecule has 1 N–H and O–H groups in total. The van der Waals surface area contributed by atoms with E-state index in [2.05, 4.69) is 39.1 Å². The van der Waals surface area contributed by atoms with Crippen molar-refractivity contribution in [3.63, 3.8) is 0 Å². The van der Waals surface area contributed by atoms with E-state index in [1.54, 1.807) is 11.3 Å². The van der Waals surface area contributed by atoms with Gasteiger partial charge < -0.3 is 9.88 Å². The van der Waals surface area contributed by atoms with Crippen molar-refractivity contribution < 1.29 is 4.79 Å². The monoisotopic (exact) mass is 476 g/mol. The lowest BCUT2D eigenvalue weighted by Gasteiger charge is -2.13. The molecule has 168 valence electrons. The summed E-state index contributed by atoms with van der Waals surface area (Å²) in [4.78, 5) is 19.1. The molecule has 3 aromatic heterocycles. The number of anilines is 1. The van der Waals surface area contributed by atoms with E-state index in [-0.39, 0.29) is 11.2 Å². The number of amides is 1. The number of aromatic nitrogens is 4. The lowest BCUT2D eigenvalue weighted by atomic mass is 9.96. The Kier molecular flexibility index (Phi) is 6.04. The first kappa shape index (κ1) is 21.9. The fourth-order valence-electron chi connectivity index (χ4n) is 4.47. The van der Waals surface area contributed by atoms with E-state index in [4.69, 9.17) is 4.98 Å². The molecule has 9 heteroatoms. The van der Waals surface area contributed by atoms with E-state index in [0.717, 1.165) is 59.9 Å². The SMILES string of the molecule is CC[C@@H](Sc1nnc2c3ccccc3n(CC)c2n1)C(=O)Nc1sc2c(c1C#N)CCCC2. The van der Waals surface area contributed by atoms with Crippen LogP contribution in [0.2, 0.25) is 0 Å². The topological polar surface area (TPSA) is 96.5 Å². The fourth-order valence-corrected chi connectivity index (χ4v) is 6.53. The Balaban J connectivity index is 1.41. The summed E-state index contributed by atoms with van der Waals surface area (Å²) < 4.78 is 2.12. The number of nitriles is 1. The van der Waals surface area contributed by atoms with Gasteiger partial charge in [0.05, 0.1) is 16.3 Å². The van der Waals surface area contributed by atoms with Crippen molar-refractivity contribution >= 4 is 56.1 Å². The van der Waals surface area contributed by atoms with Gasteiger partial charge in [0.2, 0.25) is 11.1 Å². The number of nitrogens with one attached hydrogen (secondary N) is 1. The van der Waals surface area contributed by atoms with Gasteiger partial charge in [0, 0.05) is 16.8 Å². The highest BCUT2D eigenvalue weighted by Crippen LogP contribution is 2.38. The fraction of sp³-hybridized carbons (Fsp3) is 0.375. The summed E-state index contributed by atoms with van der Waals surface area (Å²) >= 11 is 2.87. The van der Waals surface area contributed by atoms with Crippen LogP contribution in [0.4, 0.5) is 5.00 Å². The number of aryl methyl sites for hydroxylation is 2. The Hall–Kier alpha value is -2.96. The normalized spacial score (nSPS) is 14.2. The smallest absolute Gasteiger partial charge is 0.238 e. The summed E-state index contributed by atoms with van der Waals surface area (Å²) in [5, 5.41) is 23.3. The lowest BCUT2D eigenvalue weighted by Crippen LogP contribution is -2.25. The van der Waals surface area contributed by atoms with E-state index >= 15 is 0 Å². The molecule has 0 fully saturated rings. The lowest BCUT2D eigenvalue weighted by molar-refractivity contribution is -0.115. The quantitative estimate of drug-likeness (QED) is 0.378. The van der Waals surface area contributed by atoms with Crippen LogP contribution in [0.15, 0.2) is 29.4 Å². The Bertz CT molecular complexity index is 1400. The van der Waals surface area contributed by atoms with Crippen LogP contribution in [0.5, 0.6) is 0 Å². The predicted molar refractivity (Wildman–Crippen MR) is 133 cm³/mol. The number of carbonyl (C=O) groups is 1. The largest absolute Gasteiger partial charge is 0.324 e. The Morgan fingerprint density at radius 3 is 2.88 bits per heavy atom. The van der Waals surface area contributed by atoms with Gasteiger partial charge in [0.25, 0.3) is 0 Å². The summed E-state index contributed by atoms with van der Waals surface area (Å²) in [5.74, 6) is -0.127. The molecular formula is C24H24N6OS2. The van der Waals surface area contributed by atoms with Crippen molar-refractivity contribution in [2.24, 2.45) is 0 Å². The number of nitrogens with zero attached hydrogens (tertiary/aromatic N) is 5. The highest BCUT2D eigenvalue weighted by atomic mass is 32.2. The van der Waals surface area contributed by atoms with Crippen LogP contribution in [0.25, 0.3) is 22.1 Å². The first-order chi connectivity index (χ1) is 16.1. The molecule has 0 saturated carbocycles. The minimum absolute atomic E-state index is 0.127. The number of hydrogen-bond donors (Lipinski definition) is 1. The van der Waals surface area contributed by atoms with Crippen LogP contribution >= 0.6 is 23.1 Å². The van der Waals surface area contributed by atoms with Crippen molar-refractivity contribution in [2.45, 2.75) is 62.9 Å². The van der Waals surface area contributed by atoms with Gasteiger partial charge in [0.1, 0.15) is 16.6 Å². The zero-order chi connectivity index (χ0) is 22.9. The maximum absolute atomic E-state index is 13.1. The summed E-state index contributed by atoms with van der Waals surface area (Å²) in [6, 6.07) is 10.4. The molecule has 0 saturated heterocycles. The number of rotatable bonds is 6. The van der Waals surface area contributed by atoms with Gasteiger partial charge in [0.15, 0.2) is 5.65 Å². The van der Waals surface area contributed by atoms with Crippen LogP contribution in [-0.2, 0) is 24.2 Å². The first-order valence-electron chi connectivity index (χ1n) is 11.3. The minimum atomic E-state index is -0.380. The zero-order valence-electron chi connectivity index (χ0n) is 18.6. The Labute approximate surface area is 200 Å². The first-order valence-corrected chi connectivity index (χ1v) is 13.0. The van der Waals surface area contributed by atoms with Crippen molar-refractivity contribution in [3.05, 3.63) is 40.3 Å². The van der Waals surface area contributed by atoms with Crippen molar-refractivity contribution in [2.75, 3.05) is 5.32 Å². The molecule has 0 aliphatic heterocycles. The minimum Gasteiger partial charge on any atom is -0.324 e. The number of thioether (sulfide) groups is 1. The van der Waals surface area contributed by atoms with E-state index in [1.807, 2.05) is 25.1 Å². The number of carbonyl (C=O) groups excluding carboxylic acids is 1. The van der Waals surface area contributed by atoms with E-state index in [0.29, 0.717) is 22.1 Å². The molecule has 5 rings (SSSR count).